The fourth-order valence-electron chi connectivity index (χ4n) is 4.08. The Bertz CT molecular complexity index is 748. The Hall–Kier alpha value is -1.71. The SMILES string of the molecule is CSCCC(NC(=O)C1(c2ccccc2)CCN(C(=O)C2CSCN2)CC1)C(=O)O. The van der Waals surface area contributed by atoms with E-state index >= 15 is 0 Å². The summed E-state index contributed by atoms with van der Waals surface area (Å²) in [6.45, 7) is 0.957. The average molecular weight is 452 g/mol. The molecule has 2 heterocycles. The van der Waals surface area contributed by atoms with E-state index in [1.54, 1.807) is 23.5 Å². The summed E-state index contributed by atoms with van der Waals surface area (Å²) in [5.41, 5.74) is 0.0429. The number of thioether (sulfide) groups is 2. The molecule has 2 fully saturated rings. The molecule has 2 aliphatic heterocycles. The van der Waals surface area contributed by atoms with Crippen LogP contribution in [0.4, 0.5) is 0 Å². The van der Waals surface area contributed by atoms with Crippen LogP contribution in [-0.4, -0.2) is 76.6 Å². The van der Waals surface area contributed by atoms with Crippen molar-refractivity contribution in [3.63, 3.8) is 0 Å². The van der Waals surface area contributed by atoms with Gasteiger partial charge in [-0.15, -0.1) is 11.8 Å². The Morgan fingerprint density at radius 3 is 2.57 bits per heavy atom. The number of piperidine rings is 1. The van der Waals surface area contributed by atoms with Crippen molar-refractivity contribution in [1.29, 1.82) is 0 Å². The molecule has 0 radical (unpaired) electrons. The van der Waals surface area contributed by atoms with Gasteiger partial charge in [-0.3, -0.25) is 14.9 Å². The molecule has 2 atom stereocenters. The van der Waals surface area contributed by atoms with Crippen LogP contribution in [0.5, 0.6) is 0 Å². The standard InChI is InChI=1S/C21H29N3O4S2/c1-29-12-7-16(19(26)27)23-20(28)21(15-5-3-2-4-6-15)8-10-24(11-9-21)18(25)17-13-30-14-22-17/h2-6,16-17,22H,7-14H2,1H3,(H,23,28)(H,26,27). The van der Waals surface area contributed by atoms with E-state index in [1.165, 1.54) is 0 Å². The van der Waals surface area contributed by atoms with Crippen LogP contribution in [0.25, 0.3) is 0 Å². The number of nitrogens with one attached hydrogen (secondary N) is 2. The van der Waals surface area contributed by atoms with Crippen molar-refractivity contribution in [3.8, 4) is 0 Å². The number of amides is 2. The molecule has 164 valence electrons. The van der Waals surface area contributed by atoms with Crippen LogP contribution < -0.4 is 10.6 Å². The van der Waals surface area contributed by atoms with Crippen LogP contribution in [0.1, 0.15) is 24.8 Å². The highest BCUT2D eigenvalue weighted by Crippen LogP contribution is 2.36. The summed E-state index contributed by atoms with van der Waals surface area (Å²) in [6.07, 6.45) is 3.24. The summed E-state index contributed by atoms with van der Waals surface area (Å²) in [7, 11) is 0. The van der Waals surface area contributed by atoms with Gasteiger partial charge in [0.15, 0.2) is 0 Å². The third-order valence-electron chi connectivity index (χ3n) is 5.92. The van der Waals surface area contributed by atoms with E-state index in [0.29, 0.717) is 38.1 Å². The van der Waals surface area contributed by atoms with Gasteiger partial charge in [-0.2, -0.15) is 11.8 Å². The second-order valence-electron chi connectivity index (χ2n) is 7.69. The molecule has 30 heavy (non-hydrogen) atoms. The van der Waals surface area contributed by atoms with Crippen LogP contribution in [0.15, 0.2) is 30.3 Å². The maximum atomic E-state index is 13.4. The van der Waals surface area contributed by atoms with Gasteiger partial charge in [0.1, 0.15) is 6.04 Å². The van der Waals surface area contributed by atoms with Crippen molar-refractivity contribution in [2.75, 3.05) is 36.7 Å². The molecule has 1 aromatic carbocycles. The molecular formula is C21H29N3O4S2. The quantitative estimate of drug-likeness (QED) is 0.551. The largest absolute Gasteiger partial charge is 0.480 e. The number of likely N-dealkylation sites (tertiary alicyclic amines) is 1. The Morgan fingerprint density at radius 1 is 1.30 bits per heavy atom. The first kappa shape index (κ1) is 23.0. The molecule has 0 spiro atoms. The minimum absolute atomic E-state index is 0.0884. The molecule has 9 heteroatoms. The molecule has 2 amide bonds. The van der Waals surface area contributed by atoms with Gasteiger partial charge in [-0.1, -0.05) is 30.3 Å². The second kappa shape index (κ2) is 10.5. The fraction of sp³-hybridized carbons (Fsp3) is 0.571. The van der Waals surface area contributed by atoms with Gasteiger partial charge in [0.2, 0.25) is 11.8 Å². The highest BCUT2D eigenvalue weighted by molar-refractivity contribution is 7.99. The third kappa shape index (κ3) is 5.12. The number of carbonyl (C=O) groups excluding carboxylic acids is 2. The summed E-state index contributed by atoms with van der Waals surface area (Å²) >= 11 is 3.27. The molecular weight excluding hydrogens is 422 g/mol. The molecule has 3 rings (SSSR count). The highest BCUT2D eigenvalue weighted by atomic mass is 32.2. The van der Waals surface area contributed by atoms with Gasteiger partial charge in [-0.05, 0) is 36.8 Å². The zero-order chi connectivity index (χ0) is 21.6. The number of hydrogen-bond donors (Lipinski definition) is 3. The van der Waals surface area contributed by atoms with Crippen molar-refractivity contribution in [3.05, 3.63) is 35.9 Å². The first-order valence-corrected chi connectivity index (χ1v) is 12.7. The zero-order valence-corrected chi connectivity index (χ0v) is 18.8. The Labute approximate surface area is 185 Å². The first-order chi connectivity index (χ1) is 14.5. The number of benzene rings is 1. The normalized spacial score (nSPS) is 21.8. The molecule has 2 saturated heterocycles. The van der Waals surface area contributed by atoms with Gasteiger partial charge in [0.25, 0.3) is 0 Å². The van der Waals surface area contributed by atoms with Crippen LogP contribution in [0.3, 0.4) is 0 Å². The molecule has 0 saturated carbocycles. The van der Waals surface area contributed by atoms with Crippen molar-refractivity contribution >= 4 is 41.3 Å². The minimum Gasteiger partial charge on any atom is -0.480 e. The van der Waals surface area contributed by atoms with Gasteiger partial charge < -0.3 is 15.3 Å². The summed E-state index contributed by atoms with van der Waals surface area (Å²) in [6, 6.07) is 8.46. The van der Waals surface area contributed by atoms with E-state index in [2.05, 4.69) is 10.6 Å². The topological polar surface area (TPSA) is 98.7 Å². The lowest BCUT2D eigenvalue weighted by atomic mass is 9.71. The maximum Gasteiger partial charge on any atom is 0.326 e. The molecule has 3 N–H and O–H groups in total. The van der Waals surface area contributed by atoms with Gasteiger partial charge in [0, 0.05) is 24.7 Å². The Morgan fingerprint density at radius 2 is 2.00 bits per heavy atom. The predicted octanol–water partition coefficient (Wildman–Crippen LogP) is 1.53. The van der Waals surface area contributed by atoms with E-state index in [4.69, 9.17) is 0 Å². The van der Waals surface area contributed by atoms with Crippen molar-refractivity contribution in [2.24, 2.45) is 0 Å². The fourth-order valence-corrected chi connectivity index (χ4v) is 5.48. The number of aliphatic carboxylic acids is 1. The summed E-state index contributed by atoms with van der Waals surface area (Å²) in [4.78, 5) is 39.7. The van der Waals surface area contributed by atoms with Crippen molar-refractivity contribution < 1.29 is 19.5 Å². The number of hydrogen-bond acceptors (Lipinski definition) is 6. The minimum atomic E-state index is -1.02. The third-order valence-corrected chi connectivity index (χ3v) is 7.50. The number of carboxylic acid groups (broad SMARTS) is 1. The van der Waals surface area contributed by atoms with Crippen LogP contribution in [0.2, 0.25) is 0 Å². The number of rotatable bonds is 8. The van der Waals surface area contributed by atoms with Crippen molar-refractivity contribution in [1.82, 2.24) is 15.5 Å². The van der Waals surface area contributed by atoms with Crippen molar-refractivity contribution in [2.45, 2.75) is 36.8 Å². The number of carbonyl (C=O) groups is 3. The Balaban J connectivity index is 1.77. The van der Waals surface area contributed by atoms with Gasteiger partial charge in [0.05, 0.1) is 11.5 Å². The molecule has 7 nitrogen and oxygen atoms in total. The lowest BCUT2D eigenvalue weighted by Crippen LogP contribution is -2.57. The van der Waals surface area contributed by atoms with Crippen LogP contribution >= 0.6 is 23.5 Å². The van der Waals surface area contributed by atoms with Gasteiger partial charge >= 0.3 is 5.97 Å². The highest BCUT2D eigenvalue weighted by Gasteiger charge is 2.45. The molecule has 2 unspecified atom stereocenters. The first-order valence-electron chi connectivity index (χ1n) is 10.2. The van der Waals surface area contributed by atoms with E-state index in [1.807, 2.05) is 41.5 Å². The van der Waals surface area contributed by atoms with E-state index in [0.717, 1.165) is 17.2 Å². The molecule has 1 aromatic rings. The number of nitrogens with zero attached hydrogens (tertiary/aromatic N) is 1. The van der Waals surface area contributed by atoms with Crippen LogP contribution in [0, 0.1) is 0 Å². The predicted molar refractivity (Wildman–Crippen MR) is 121 cm³/mol. The van der Waals surface area contributed by atoms with E-state index < -0.39 is 17.4 Å². The molecule has 0 aliphatic carbocycles. The second-order valence-corrected chi connectivity index (χ2v) is 9.71. The molecule has 2 aliphatic rings. The molecule has 0 bridgehead atoms. The lowest BCUT2D eigenvalue weighted by molar-refractivity contribution is -0.143. The zero-order valence-electron chi connectivity index (χ0n) is 17.1. The monoisotopic (exact) mass is 451 g/mol. The summed E-state index contributed by atoms with van der Waals surface area (Å²) in [5, 5.41) is 15.6. The van der Waals surface area contributed by atoms with E-state index in [-0.39, 0.29) is 17.9 Å². The Kier molecular flexibility index (Phi) is 8.07. The number of carboxylic acids is 1. The summed E-state index contributed by atoms with van der Waals surface area (Å²) in [5.74, 6) is 1.03. The average Bonchev–Trinajstić information content (AvgIpc) is 3.31. The summed E-state index contributed by atoms with van der Waals surface area (Å²) < 4.78 is 0. The molecule has 0 aromatic heterocycles. The lowest BCUT2D eigenvalue weighted by Gasteiger charge is -2.42. The maximum absolute atomic E-state index is 13.4. The van der Waals surface area contributed by atoms with E-state index in [9.17, 15) is 19.5 Å². The van der Waals surface area contributed by atoms with Crippen LogP contribution in [-0.2, 0) is 19.8 Å². The smallest absolute Gasteiger partial charge is 0.326 e. The van der Waals surface area contributed by atoms with Gasteiger partial charge in [-0.25, -0.2) is 4.79 Å².